The molecule has 1 aliphatic heterocycles. The highest BCUT2D eigenvalue weighted by molar-refractivity contribution is 5.52. The lowest BCUT2D eigenvalue weighted by molar-refractivity contribution is 0.184. The molecule has 0 saturated heterocycles. The highest BCUT2D eigenvalue weighted by atomic mass is 16.5. The van der Waals surface area contributed by atoms with E-state index in [-0.39, 0.29) is 18.1 Å². The van der Waals surface area contributed by atoms with Gasteiger partial charge in [-0.25, -0.2) is 0 Å². The molecule has 2 heteroatoms. The number of benzene rings is 1. The van der Waals surface area contributed by atoms with Crippen LogP contribution in [0.15, 0.2) is 36.9 Å². The van der Waals surface area contributed by atoms with Gasteiger partial charge in [0.05, 0.1) is 12.0 Å². The number of rotatable bonds is 2. The van der Waals surface area contributed by atoms with E-state index < -0.39 is 0 Å². The van der Waals surface area contributed by atoms with E-state index in [0.717, 1.165) is 5.75 Å². The Morgan fingerprint density at radius 3 is 3.00 bits per heavy atom. The molecule has 2 aliphatic rings. The first kappa shape index (κ1) is 8.06. The van der Waals surface area contributed by atoms with E-state index in [1.165, 1.54) is 5.56 Å². The minimum absolute atomic E-state index is 0.113. The molecular weight excluding hydrogens is 176 g/mol. The second-order valence-electron chi connectivity index (χ2n) is 4.03. The highest BCUT2D eigenvalue weighted by Gasteiger charge is 2.69. The number of fused-ring (bicyclic) bond motifs is 3. The molecule has 0 radical (unpaired) electrons. The van der Waals surface area contributed by atoms with Crippen LogP contribution in [0.5, 0.6) is 5.75 Å². The molecule has 0 bridgehead atoms. The molecule has 2 nitrogen and oxygen atoms in total. The fourth-order valence-corrected chi connectivity index (χ4v) is 2.53. The molecule has 1 saturated carbocycles. The zero-order chi connectivity index (χ0) is 9.76. The second kappa shape index (κ2) is 2.39. The Morgan fingerprint density at radius 1 is 1.50 bits per heavy atom. The van der Waals surface area contributed by atoms with Gasteiger partial charge >= 0.3 is 0 Å². The van der Waals surface area contributed by atoms with E-state index in [9.17, 15) is 5.11 Å². The van der Waals surface area contributed by atoms with E-state index in [4.69, 9.17) is 4.74 Å². The van der Waals surface area contributed by atoms with Gasteiger partial charge in [-0.3, -0.25) is 0 Å². The van der Waals surface area contributed by atoms with Gasteiger partial charge in [0, 0.05) is 11.5 Å². The van der Waals surface area contributed by atoms with Crippen LogP contribution in [0.3, 0.4) is 0 Å². The van der Waals surface area contributed by atoms with Crippen molar-refractivity contribution >= 4 is 0 Å². The molecular formula is C12H12O2. The van der Waals surface area contributed by atoms with Crippen LogP contribution in [0, 0.1) is 5.41 Å². The third-order valence-electron chi connectivity index (χ3n) is 3.46. The van der Waals surface area contributed by atoms with Crippen molar-refractivity contribution < 1.29 is 9.84 Å². The third-order valence-corrected chi connectivity index (χ3v) is 3.46. The Labute approximate surface area is 82.8 Å². The Bertz CT molecular complexity index is 399. The Balaban J connectivity index is 2.04. The first-order chi connectivity index (χ1) is 6.83. The molecule has 0 spiro atoms. The molecule has 72 valence electrons. The molecule has 0 aromatic heterocycles. The molecule has 1 fully saturated rings. The van der Waals surface area contributed by atoms with Crippen molar-refractivity contribution in [3.05, 3.63) is 42.5 Å². The molecule has 1 aliphatic carbocycles. The minimum atomic E-state index is -0.214. The number of para-hydroxylation sites is 1. The normalized spacial score (nSPS) is 36.9. The number of aliphatic hydroxyl groups excluding tert-OH is 1. The van der Waals surface area contributed by atoms with Crippen molar-refractivity contribution in [1.29, 1.82) is 0 Å². The Morgan fingerprint density at radius 2 is 2.29 bits per heavy atom. The van der Waals surface area contributed by atoms with Gasteiger partial charge in [-0.05, 0) is 6.07 Å². The van der Waals surface area contributed by atoms with Gasteiger partial charge in [0.15, 0.2) is 0 Å². The van der Waals surface area contributed by atoms with Crippen molar-refractivity contribution in [2.45, 2.75) is 12.0 Å². The average Bonchev–Trinajstić information content (AvgIpc) is 2.69. The van der Waals surface area contributed by atoms with Crippen molar-refractivity contribution in [1.82, 2.24) is 0 Å². The summed E-state index contributed by atoms with van der Waals surface area (Å²) in [5, 5.41) is 9.34. The van der Waals surface area contributed by atoms with Crippen molar-refractivity contribution in [2.75, 3.05) is 6.61 Å². The van der Waals surface area contributed by atoms with E-state index in [0.29, 0.717) is 5.92 Å². The summed E-state index contributed by atoms with van der Waals surface area (Å²) in [5.74, 6) is 1.29. The highest BCUT2D eigenvalue weighted by Crippen LogP contribution is 2.67. The topological polar surface area (TPSA) is 29.5 Å². The van der Waals surface area contributed by atoms with Crippen LogP contribution in [0.4, 0.5) is 0 Å². The van der Waals surface area contributed by atoms with E-state index in [2.05, 4.69) is 12.6 Å². The summed E-state index contributed by atoms with van der Waals surface area (Å²) in [5.41, 5.74) is 1.00. The minimum Gasteiger partial charge on any atom is -0.488 e. The van der Waals surface area contributed by atoms with E-state index >= 15 is 0 Å². The molecule has 14 heavy (non-hydrogen) atoms. The smallest absolute Gasteiger partial charge is 0.123 e. The maximum absolute atomic E-state index is 9.34. The fraction of sp³-hybridized carbons (Fsp3) is 0.333. The van der Waals surface area contributed by atoms with Gasteiger partial charge in [0.2, 0.25) is 0 Å². The van der Waals surface area contributed by atoms with E-state index in [1.54, 1.807) is 0 Å². The maximum atomic E-state index is 9.34. The molecule has 0 unspecified atom stereocenters. The van der Waals surface area contributed by atoms with Crippen LogP contribution in [-0.2, 0) is 0 Å². The summed E-state index contributed by atoms with van der Waals surface area (Å²) >= 11 is 0. The number of hydrogen-bond acceptors (Lipinski definition) is 2. The molecule has 3 atom stereocenters. The molecule has 1 heterocycles. The van der Waals surface area contributed by atoms with Crippen LogP contribution in [0.2, 0.25) is 0 Å². The predicted octanol–water partition coefficient (Wildman–Crippen LogP) is 1.71. The number of hydrogen-bond donors (Lipinski definition) is 1. The zero-order valence-electron chi connectivity index (χ0n) is 7.81. The maximum Gasteiger partial charge on any atom is 0.123 e. The average molecular weight is 188 g/mol. The Hall–Kier alpha value is -1.28. The largest absolute Gasteiger partial charge is 0.488 e. The van der Waals surface area contributed by atoms with Crippen LogP contribution in [0.25, 0.3) is 0 Å². The zero-order valence-corrected chi connectivity index (χ0v) is 7.81. The van der Waals surface area contributed by atoms with Gasteiger partial charge in [-0.1, -0.05) is 24.3 Å². The fourth-order valence-electron chi connectivity index (χ4n) is 2.53. The molecule has 3 rings (SSSR count). The first-order valence-electron chi connectivity index (χ1n) is 4.83. The lowest BCUT2D eigenvalue weighted by atomic mass is 9.99. The van der Waals surface area contributed by atoms with Gasteiger partial charge in [0.25, 0.3) is 0 Å². The van der Waals surface area contributed by atoms with Gasteiger partial charge in [-0.15, -0.1) is 6.58 Å². The summed E-state index contributed by atoms with van der Waals surface area (Å²) in [4.78, 5) is 0. The van der Waals surface area contributed by atoms with Gasteiger partial charge in [0.1, 0.15) is 11.9 Å². The van der Waals surface area contributed by atoms with E-state index in [1.807, 2.05) is 24.3 Å². The predicted molar refractivity (Wildman–Crippen MR) is 53.3 cm³/mol. The summed E-state index contributed by atoms with van der Waals surface area (Å²) in [6.45, 7) is 3.91. The van der Waals surface area contributed by atoms with Crippen LogP contribution in [0.1, 0.15) is 11.5 Å². The number of ether oxygens (including phenoxy) is 1. The van der Waals surface area contributed by atoms with Crippen LogP contribution >= 0.6 is 0 Å². The Kier molecular flexibility index (Phi) is 1.38. The van der Waals surface area contributed by atoms with Crippen molar-refractivity contribution in [3.8, 4) is 5.75 Å². The van der Waals surface area contributed by atoms with Crippen molar-refractivity contribution in [3.63, 3.8) is 0 Å². The summed E-state index contributed by atoms with van der Waals surface area (Å²) in [6.07, 6.45) is 1.94. The third kappa shape index (κ3) is 0.712. The van der Waals surface area contributed by atoms with Crippen LogP contribution in [-0.4, -0.2) is 17.8 Å². The van der Waals surface area contributed by atoms with Crippen molar-refractivity contribution in [2.24, 2.45) is 5.41 Å². The standard InChI is InChI=1S/C12H12O2/c1-2-12(7-13)10-8-5-3-4-6-9(8)14-11(10)12/h2-6,10-11,13H,1,7H2/t10-,11+,12+/m1/s1. The lowest BCUT2D eigenvalue weighted by Gasteiger charge is -2.14. The molecule has 1 aromatic rings. The second-order valence-corrected chi connectivity index (χ2v) is 4.03. The number of aliphatic hydroxyl groups is 1. The summed E-state index contributed by atoms with van der Waals surface area (Å²) in [7, 11) is 0. The summed E-state index contributed by atoms with van der Waals surface area (Å²) in [6, 6.07) is 8.03. The van der Waals surface area contributed by atoms with Gasteiger partial charge < -0.3 is 9.84 Å². The lowest BCUT2D eigenvalue weighted by Crippen LogP contribution is -2.15. The monoisotopic (exact) mass is 188 g/mol. The van der Waals surface area contributed by atoms with Gasteiger partial charge in [-0.2, -0.15) is 0 Å². The summed E-state index contributed by atoms with van der Waals surface area (Å²) < 4.78 is 5.75. The SMILES string of the molecule is C=C[C@]1(CO)[C@@H]2c3ccccc3O[C@@H]21. The first-order valence-corrected chi connectivity index (χ1v) is 4.83. The molecule has 0 amide bonds. The molecule has 1 aromatic carbocycles. The molecule has 1 N–H and O–H groups in total. The quantitative estimate of drug-likeness (QED) is 0.716. The van der Waals surface area contributed by atoms with Crippen LogP contribution < -0.4 is 4.74 Å².